The van der Waals surface area contributed by atoms with Crippen LogP contribution >= 0.6 is 0 Å². The monoisotopic (exact) mass is 418 g/mol. The minimum Gasteiger partial charge on any atom is -0.497 e. The van der Waals surface area contributed by atoms with Crippen molar-refractivity contribution in [1.82, 2.24) is 4.57 Å². The molecule has 1 aliphatic carbocycles. The van der Waals surface area contributed by atoms with Crippen LogP contribution < -0.4 is 10.3 Å². The number of aromatic hydroxyl groups is 1. The molecule has 2 aromatic carbocycles. The van der Waals surface area contributed by atoms with Crippen LogP contribution in [0.3, 0.4) is 0 Å². The quantitative estimate of drug-likeness (QED) is 0.593. The molecule has 1 aliphatic rings. The molecular weight excluding hydrogens is 388 g/mol. The largest absolute Gasteiger partial charge is 0.497 e. The summed E-state index contributed by atoms with van der Waals surface area (Å²) < 4.78 is 6.64. The summed E-state index contributed by atoms with van der Waals surface area (Å²) in [4.78, 5) is 18.0. The number of methoxy groups -OCH3 is 1. The number of hydrogen-bond donors (Lipinski definition) is 1. The van der Waals surface area contributed by atoms with Crippen molar-refractivity contribution in [2.24, 2.45) is 16.8 Å². The maximum Gasteiger partial charge on any atom is 0.261 e. The number of aliphatic imine (C=N–C) groups is 1. The first-order valence-electron chi connectivity index (χ1n) is 11.0. The standard InChI is InChI=1S/C26H30N2O3/c1-17-7-6-10-24(18(17)2)27-15-23-21-8-4-5-9-22(21)25(29)28(26(23)30)16-19-11-13-20(31-3)14-12-19/h4-5,8-9,11-15,17-18,24,30H,6-7,10,16H2,1-3H3/t17-,18+,24+/m0/s1. The topological polar surface area (TPSA) is 63.8 Å². The highest BCUT2D eigenvalue weighted by atomic mass is 16.5. The van der Waals surface area contributed by atoms with Crippen LogP contribution in [0.4, 0.5) is 0 Å². The molecule has 31 heavy (non-hydrogen) atoms. The molecule has 0 radical (unpaired) electrons. The molecular formula is C26H30N2O3. The molecule has 0 unspecified atom stereocenters. The molecule has 5 heteroatoms. The lowest BCUT2D eigenvalue weighted by Crippen LogP contribution is -2.27. The van der Waals surface area contributed by atoms with Crippen molar-refractivity contribution < 1.29 is 9.84 Å². The molecule has 1 saturated carbocycles. The second-order valence-corrected chi connectivity index (χ2v) is 8.64. The van der Waals surface area contributed by atoms with Crippen LogP contribution in [0, 0.1) is 11.8 Å². The summed E-state index contributed by atoms with van der Waals surface area (Å²) in [5.74, 6) is 1.86. The van der Waals surface area contributed by atoms with Crippen LogP contribution in [-0.2, 0) is 6.54 Å². The fourth-order valence-electron chi connectivity index (χ4n) is 4.53. The first kappa shape index (κ1) is 21.2. The lowest BCUT2D eigenvalue weighted by atomic mass is 9.78. The Kier molecular flexibility index (Phi) is 6.12. The summed E-state index contributed by atoms with van der Waals surface area (Å²) >= 11 is 0. The van der Waals surface area contributed by atoms with Crippen molar-refractivity contribution in [2.75, 3.05) is 7.11 Å². The van der Waals surface area contributed by atoms with E-state index in [9.17, 15) is 9.90 Å². The number of rotatable bonds is 5. The molecule has 1 heterocycles. The van der Waals surface area contributed by atoms with Crippen molar-refractivity contribution >= 4 is 17.0 Å². The van der Waals surface area contributed by atoms with E-state index in [-0.39, 0.29) is 24.0 Å². The molecule has 1 N–H and O–H groups in total. The molecule has 3 aromatic rings. The number of fused-ring (bicyclic) bond motifs is 1. The van der Waals surface area contributed by atoms with Gasteiger partial charge in [-0.2, -0.15) is 0 Å². The van der Waals surface area contributed by atoms with Crippen LogP contribution in [-0.4, -0.2) is 29.0 Å². The first-order chi connectivity index (χ1) is 15.0. The Labute approximate surface area is 183 Å². The van der Waals surface area contributed by atoms with E-state index < -0.39 is 0 Å². The lowest BCUT2D eigenvalue weighted by Gasteiger charge is -2.31. The van der Waals surface area contributed by atoms with Gasteiger partial charge in [-0.3, -0.25) is 14.4 Å². The van der Waals surface area contributed by atoms with Crippen molar-refractivity contribution in [1.29, 1.82) is 0 Å². The SMILES string of the molecule is COc1ccc(Cn2c(O)c(C=N[C@@H]3CCC[C@H](C)[C@H]3C)c3ccccc3c2=O)cc1. The number of aromatic nitrogens is 1. The van der Waals surface area contributed by atoms with Gasteiger partial charge in [-0.1, -0.05) is 57.0 Å². The van der Waals surface area contributed by atoms with E-state index in [4.69, 9.17) is 9.73 Å². The fourth-order valence-corrected chi connectivity index (χ4v) is 4.53. The van der Waals surface area contributed by atoms with Gasteiger partial charge in [0.05, 0.1) is 25.3 Å². The minimum atomic E-state index is -0.208. The zero-order valence-electron chi connectivity index (χ0n) is 18.4. The highest BCUT2D eigenvalue weighted by Gasteiger charge is 2.26. The Morgan fingerprint density at radius 2 is 1.81 bits per heavy atom. The highest BCUT2D eigenvalue weighted by Crippen LogP contribution is 2.32. The van der Waals surface area contributed by atoms with Gasteiger partial charge in [-0.15, -0.1) is 0 Å². The van der Waals surface area contributed by atoms with Crippen LogP contribution in [0.5, 0.6) is 11.6 Å². The molecule has 162 valence electrons. The minimum absolute atomic E-state index is 0.0419. The number of ether oxygens (including phenoxy) is 1. The van der Waals surface area contributed by atoms with Gasteiger partial charge in [-0.25, -0.2) is 0 Å². The third-order valence-corrected chi connectivity index (χ3v) is 6.75. The van der Waals surface area contributed by atoms with E-state index in [0.717, 1.165) is 23.1 Å². The van der Waals surface area contributed by atoms with Gasteiger partial charge >= 0.3 is 0 Å². The summed E-state index contributed by atoms with van der Waals surface area (Å²) in [6.45, 7) is 4.82. The molecule has 0 saturated heterocycles. The van der Waals surface area contributed by atoms with Crippen LogP contribution in [0.25, 0.3) is 10.8 Å². The summed E-state index contributed by atoms with van der Waals surface area (Å²) in [7, 11) is 1.62. The van der Waals surface area contributed by atoms with Crippen LogP contribution in [0.1, 0.15) is 44.2 Å². The lowest BCUT2D eigenvalue weighted by molar-refractivity contribution is 0.242. The molecule has 0 spiro atoms. The molecule has 0 aliphatic heterocycles. The highest BCUT2D eigenvalue weighted by molar-refractivity contribution is 6.01. The average Bonchev–Trinajstić information content (AvgIpc) is 2.79. The van der Waals surface area contributed by atoms with Gasteiger partial charge in [0.25, 0.3) is 5.56 Å². The number of nitrogens with zero attached hydrogens (tertiary/aromatic N) is 2. The number of pyridine rings is 1. The average molecular weight is 419 g/mol. The van der Waals surface area contributed by atoms with E-state index in [1.54, 1.807) is 13.3 Å². The van der Waals surface area contributed by atoms with Crippen LogP contribution in [0.15, 0.2) is 58.3 Å². The molecule has 0 bridgehead atoms. The van der Waals surface area contributed by atoms with E-state index >= 15 is 0 Å². The van der Waals surface area contributed by atoms with Gasteiger partial charge in [0.2, 0.25) is 5.88 Å². The van der Waals surface area contributed by atoms with E-state index in [2.05, 4.69) is 13.8 Å². The molecule has 1 aromatic heterocycles. The molecule has 3 atom stereocenters. The predicted octanol–water partition coefficient (Wildman–Crippen LogP) is 5.01. The third kappa shape index (κ3) is 4.22. The summed E-state index contributed by atoms with van der Waals surface area (Å²) in [6, 6.07) is 15.2. The Bertz CT molecular complexity index is 1150. The zero-order chi connectivity index (χ0) is 22.0. The maximum absolute atomic E-state index is 13.2. The summed E-state index contributed by atoms with van der Waals surface area (Å²) in [5, 5.41) is 12.4. The van der Waals surface area contributed by atoms with E-state index in [1.807, 2.05) is 48.5 Å². The van der Waals surface area contributed by atoms with Gasteiger partial charge < -0.3 is 9.84 Å². The maximum atomic E-state index is 13.2. The number of hydrogen-bond acceptors (Lipinski definition) is 4. The summed E-state index contributed by atoms with van der Waals surface area (Å²) in [5.41, 5.74) is 1.31. The van der Waals surface area contributed by atoms with E-state index in [0.29, 0.717) is 22.8 Å². The zero-order valence-corrected chi connectivity index (χ0v) is 18.4. The Hall–Kier alpha value is -3.08. The van der Waals surface area contributed by atoms with Gasteiger partial charge in [0.15, 0.2) is 0 Å². The van der Waals surface area contributed by atoms with Crippen molar-refractivity contribution in [3.8, 4) is 11.6 Å². The fraction of sp³-hybridized carbons (Fsp3) is 0.385. The molecule has 5 nitrogen and oxygen atoms in total. The Balaban J connectivity index is 1.77. The third-order valence-electron chi connectivity index (χ3n) is 6.75. The van der Waals surface area contributed by atoms with Crippen LogP contribution in [0.2, 0.25) is 0 Å². The van der Waals surface area contributed by atoms with Gasteiger partial charge in [0.1, 0.15) is 5.75 Å². The van der Waals surface area contributed by atoms with Crippen molar-refractivity contribution in [3.05, 3.63) is 70.0 Å². The normalized spacial score (nSPS) is 21.6. The molecule has 0 amide bonds. The second-order valence-electron chi connectivity index (χ2n) is 8.64. The number of benzene rings is 2. The molecule has 1 fully saturated rings. The van der Waals surface area contributed by atoms with E-state index in [1.165, 1.54) is 17.4 Å². The predicted molar refractivity (Wildman–Crippen MR) is 126 cm³/mol. The molecule has 4 rings (SSSR count). The first-order valence-corrected chi connectivity index (χ1v) is 11.0. The van der Waals surface area contributed by atoms with Gasteiger partial charge in [-0.05, 0) is 42.0 Å². The Morgan fingerprint density at radius 3 is 2.52 bits per heavy atom. The smallest absolute Gasteiger partial charge is 0.261 e. The van der Waals surface area contributed by atoms with Crippen molar-refractivity contribution in [2.45, 2.75) is 45.7 Å². The van der Waals surface area contributed by atoms with Gasteiger partial charge in [0, 0.05) is 17.0 Å². The van der Waals surface area contributed by atoms with Crippen molar-refractivity contribution in [3.63, 3.8) is 0 Å². The second kappa shape index (κ2) is 8.96. The summed E-state index contributed by atoms with van der Waals surface area (Å²) in [6.07, 6.45) is 5.26. The Morgan fingerprint density at radius 1 is 1.10 bits per heavy atom.